The second-order valence-corrected chi connectivity index (χ2v) is 9.06. The zero-order valence-corrected chi connectivity index (χ0v) is 19.4. The average Bonchev–Trinajstić information content (AvgIpc) is 3.43. The zero-order chi connectivity index (χ0) is 22.8. The first kappa shape index (κ1) is 22.0. The van der Waals surface area contributed by atoms with E-state index in [1.807, 2.05) is 38.5 Å². The number of aryl methyl sites for hydroxylation is 2. The van der Waals surface area contributed by atoms with Gasteiger partial charge in [0.1, 0.15) is 6.04 Å². The lowest BCUT2D eigenvalue weighted by Gasteiger charge is -2.17. The Morgan fingerprint density at radius 1 is 1.22 bits per heavy atom. The van der Waals surface area contributed by atoms with Crippen molar-refractivity contribution in [3.05, 3.63) is 70.1 Å². The van der Waals surface area contributed by atoms with Gasteiger partial charge in [-0.25, -0.2) is 0 Å². The van der Waals surface area contributed by atoms with E-state index in [0.29, 0.717) is 18.4 Å². The molecule has 4 rings (SSSR count). The molecule has 1 saturated carbocycles. The smallest absolute Gasteiger partial charge is 0.249 e. The highest BCUT2D eigenvalue weighted by Crippen LogP contribution is 2.38. The number of carbonyl (C=O) groups is 1. The fourth-order valence-electron chi connectivity index (χ4n) is 3.73. The third-order valence-electron chi connectivity index (χ3n) is 5.92. The third-order valence-corrected chi connectivity index (χ3v) is 5.92. The van der Waals surface area contributed by atoms with Gasteiger partial charge in [-0.05, 0) is 51.2 Å². The van der Waals surface area contributed by atoms with E-state index in [9.17, 15) is 4.79 Å². The highest BCUT2D eigenvalue weighted by molar-refractivity contribution is 5.92. The van der Waals surface area contributed by atoms with Crippen LogP contribution in [0.25, 0.3) is 6.08 Å². The molecule has 0 aliphatic heterocycles. The number of carbonyl (C=O) groups excluding carboxylic acids is 1. The first-order valence-electron chi connectivity index (χ1n) is 11.2. The lowest BCUT2D eigenvalue weighted by atomic mass is 10.0. The van der Waals surface area contributed by atoms with Crippen LogP contribution in [0, 0.1) is 26.7 Å². The second-order valence-electron chi connectivity index (χ2n) is 9.06. The summed E-state index contributed by atoms with van der Waals surface area (Å²) in [6.07, 6.45) is 5.60. The van der Waals surface area contributed by atoms with Gasteiger partial charge in [0, 0.05) is 23.3 Å². The van der Waals surface area contributed by atoms with Crippen molar-refractivity contribution in [2.45, 2.75) is 66.0 Å². The minimum absolute atomic E-state index is 0.126. The Bertz CT molecular complexity index is 1120. The van der Waals surface area contributed by atoms with Crippen molar-refractivity contribution in [1.29, 1.82) is 0 Å². The van der Waals surface area contributed by atoms with Crippen molar-refractivity contribution >= 4 is 12.0 Å². The molecule has 0 radical (unpaired) electrons. The van der Waals surface area contributed by atoms with Crippen LogP contribution in [0.2, 0.25) is 0 Å². The molecule has 2 heterocycles. The molecule has 7 nitrogen and oxygen atoms in total. The summed E-state index contributed by atoms with van der Waals surface area (Å²) in [7, 11) is 0. The van der Waals surface area contributed by atoms with Gasteiger partial charge >= 0.3 is 0 Å². The first-order chi connectivity index (χ1) is 15.3. The minimum Gasteiger partial charge on any atom is -0.340 e. The van der Waals surface area contributed by atoms with E-state index in [1.165, 1.54) is 11.1 Å². The standard InChI is InChI=1S/C25H31N5O2/c1-15(2)23(25-27-24(29-32-25)20-10-11-20)26-22(31)13-12-21-17(4)28-30(18(21)5)14-19-8-6-16(3)7-9-19/h6-9,12-13,15,20,23H,10-11,14H2,1-5H3,(H,26,31)/b13-12+. The van der Waals surface area contributed by atoms with Gasteiger partial charge in [-0.2, -0.15) is 10.1 Å². The highest BCUT2D eigenvalue weighted by Gasteiger charge is 2.31. The maximum atomic E-state index is 12.7. The molecule has 1 amide bonds. The van der Waals surface area contributed by atoms with E-state index in [2.05, 4.69) is 51.7 Å². The molecule has 7 heteroatoms. The summed E-state index contributed by atoms with van der Waals surface area (Å²) in [4.78, 5) is 17.2. The van der Waals surface area contributed by atoms with Gasteiger partial charge in [0.15, 0.2) is 5.82 Å². The summed E-state index contributed by atoms with van der Waals surface area (Å²) >= 11 is 0. The molecule has 1 atom stereocenters. The summed E-state index contributed by atoms with van der Waals surface area (Å²) in [6, 6.07) is 8.13. The summed E-state index contributed by atoms with van der Waals surface area (Å²) in [5.74, 6) is 1.57. The van der Waals surface area contributed by atoms with Gasteiger partial charge in [0.2, 0.25) is 11.8 Å². The number of hydrogen-bond acceptors (Lipinski definition) is 5. The number of hydrogen-bond donors (Lipinski definition) is 1. The molecule has 1 unspecified atom stereocenters. The summed E-state index contributed by atoms with van der Waals surface area (Å²) in [6.45, 7) is 10.8. The van der Waals surface area contributed by atoms with Gasteiger partial charge in [-0.3, -0.25) is 9.48 Å². The SMILES string of the molecule is Cc1ccc(Cn2nc(C)c(/C=C/C(=O)NC(c3nc(C4CC4)no3)C(C)C)c2C)cc1. The number of aromatic nitrogens is 4. The van der Waals surface area contributed by atoms with Crippen molar-refractivity contribution in [1.82, 2.24) is 25.2 Å². The van der Waals surface area contributed by atoms with Crippen LogP contribution in [0.4, 0.5) is 0 Å². The topological polar surface area (TPSA) is 85.8 Å². The lowest BCUT2D eigenvalue weighted by Crippen LogP contribution is -2.30. The molecular weight excluding hydrogens is 402 g/mol. The van der Waals surface area contributed by atoms with E-state index in [0.717, 1.165) is 35.6 Å². The largest absolute Gasteiger partial charge is 0.340 e. The number of nitrogens with zero attached hydrogens (tertiary/aromatic N) is 4. The molecule has 1 aliphatic carbocycles. The van der Waals surface area contributed by atoms with Crippen LogP contribution in [-0.2, 0) is 11.3 Å². The Balaban J connectivity index is 1.45. The average molecular weight is 434 g/mol. The Kier molecular flexibility index (Phi) is 6.26. The van der Waals surface area contributed by atoms with Crippen LogP contribution in [0.1, 0.15) is 78.4 Å². The van der Waals surface area contributed by atoms with Gasteiger partial charge < -0.3 is 9.84 Å². The third kappa shape index (κ3) is 4.98. The maximum absolute atomic E-state index is 12.7. The molecular formula is C25H31N5O2. The van der Waals surface area contributed by atoms with Crippen molar-refractivity contribution in [2.24, 2.45) is 5.92 Å². The van der Waals surface area contributed by atoms with Crippen LogP contribution < -0.4 is 5.32 Å². The minimum atomic E-state index is -0.321. The molecule has 2 aromatic heterocycles. The zero-order valence-electron chi connectivity index (χ0n) is 19.4. The summed E-state index contributed by atoms with van der Waals surface area (Å²) < 4.78 is 7.42. The Hall–Kier alpha value is -3.22. The number of nitrogens with one attached hydrogen (secondary N) is 1. The molecule has 168 valence electrons. The molecule has 1 fully saturated rings. The maximum Gasteiger partial charge on any atom is 0.249 e. The predicted octanol–water partition coefficient (Wildman–Crippen LogP) is 4.64. The van der Waals surface area contributed by atoms with Crippen LogP contribution in [0.3, 0.4) is 0 Å². The van der Waals surface area contributed by atoms with E-state index in [1.54, 1.807) is 6.08 Å². The molecule has 32 heavy (non-hydrogen) atoms. The van der Waals surface area contributed by atoms with E-state index < -0.39 is 0 Å². The van der Waals surface area contributed by atoms with Crippen molar-refractivity contribution in [2.75, 3.05) is 0 Å². The van der Waals surface area contributed by atoms with Gasteiger partial charge in [-0.15, -0.1) is 0 Å². The summed E-state index contributed by atoms with van der Waals surface area (Å²) in [5.41, 5.74) is 5.31. The second kappa shape index (κ2) is 9.10. The predicted molar refractivity (Wildman–Crippen MR) is 123 cm³/mol. The lowest BCUT2D eigenvalue weighted by molar-refractivity contribution is -0.117. The molecule has 1 aromatic carbocycles. The van der Waals surface area contributed by atoms with E-state index in [-0.39, 0.29) is 17.9 Å². The normalized spacial score (nSPS) is 14.9. The van der Waals surface area contributed by atoms with Crippen LogP contribution >= 0.6 is 0 Å². The monoisotopic (exact) mass is 433 g/mol. The van der Waals surface area contributed by atoms with Gasteiger partial charge in [0.25, 0.3) is 0 Å². The quantitative estimate of drug-likeness (QED) is 0.523. The van der Waals surface area contributed by atoms with E-state index >= 15 is 0 Å². The number of benzene rings is 1. The molecule has 3 aromatic rings. The molecule has 1 aliphatic rings. The Morgan fingerprint density at radius 3 is 2.59 bits per heavy atom. The van der Waals surface area contributed by atoms with Crippen molar-refractivity contribution in [3.8, 4) is 0 Å². The van der Waals surface area contributed by atoms with Crippen molar-refractivity contribution in [3.63, 3.8) is 0 Å². The van der Waals surface area contributed by atoms with E-state index in [4.69, 9.17) is 4.52 Å². The first-order valence-corrected chi connectivity index (χ1v) is 11.2. The Morgan fingerprint density at radius 2 is 1.94 bits per heavy atom. The highest BCUT2D eigenvalue weighted by atomic mass is 16.5. The van der Waals surface area contributed by atoms with Gasteiger partial charge in [-0.1, -0.05) is 48.8 Å². The van der Waals surface area contributed by atoms with Crippen molar-refractivity contribution < 1.29 is 9.32 Å². The fourth-order valence-corrected chi connectivity index (χ4v) is 3.73. The molecule has 0 bridgehead atoms. The fraction of sp³-hybridized carbons (Fsp3) is 0.440. The number of amides is 1. The molecule has 1 N–H and O–H groups in total. The molecule has 0 saturated heterocycles. The summed E-state index contributed by atoms with van der Waals surface area (Å²) in [5, 5.41) is 11.8. The Labute approximate surface area is 188 Å². The number of rotatable bonds is 8. The van der Waals surface area contributed by atoms with Crippen LogP contribution in [0.5, 0.6) is 0 Å². The van der Waals surface area contributed by atoms with Crippen LogP contribution in [-0.4, -0.2) is 25.8 Å². The molecule has 0 spiro atoms. The van der Waals surface area contributed by atoms with Gasteiger partial charge in [0.05, 0.1) is 12.2 Å². The van der Waals surface area contributed by atoms with Crippen LogP contribution in [0.15, 0.2) is 34.9 Å².